The van der Waals surface area contributed by atoms with Gasteiger partial charge in [0.15, 0.2) is 5.96 Å². The highest BCUT2D eigenvalue weighted by Gasteiger charge is 2.26. The summed E-state index contributed by atoms with van der Waals surface area (Å²) in [7, 11) is 3.85. The first kappa shape index (κ1) is 20.2. The summed E-state index contributed by atoms with van der Waals surface area (Å²) in [6, 6.07) is 0. The Labute approximate surface area is 157 Å². The molecular formula is C16H31IN6. The maximum atomic E-state index is 4.44. The molecule has 1 aliphatic heterocycles. The zero-order valence-electron chi connectivity index (χ0n) is 14.8. The molecule has 1 N–H and O–H groups in total. The Morgan fingerprint density at radius 2 is 2.17 bits per heavy atom. The number of halogens is 1. The minimum absolute atomic E-state index is 0. The molecule has 23 heavy (non-hydrogen) atoms. The maximum Gasteiger partial charge on any atom is 0.193 e. The first-order chi connectivity index (χ1) is 10.7. The molecular weight excluding hydrogens is 403 g/mol. The van der Waals surface area contributed by atoms with Crippen molar-refractivity contribution in [2.24, 2.45) is 12.0 Å². The second-order valence-corrected chi connectivity index (χ2v) is 5.88. The third-order valence-corrected chi connectivity index (χ3v) is 4.50. The molecule has 6 nitrogen and oxygen atoms in total. The van der Waals surface area contributed by atoms with Crippen LogP contribution in [0.1, 0.15) is 31.7 Å². The summed E-state index contributed by atoms with van der Waals surface area (Å²) in [5.41, 5.74) is 1.34. The van der Waals surface area contributed by atoms with Crippen molar-refractivity contribution in [2.75, 3.05) is 46.3 Å². The third-order valence-electron chi connectivity index (χ3n) is 4.50. The highest BCUT2D eigenvalue weighted by Crippen LogP contribution is 2.26. The van der Waals surface area contributed by atoms with Gasteiger partial charge < -0.3 is 15.1 Å². The highest BCUT2D eigenvalue weighted by molar-refractivity contribution is 14.0. The van der Waals surface area contributed by atoms with Crippen LogP contribution in [0.2, 0.25) is 0 Å². The zero-order chi connectivity index (χ0) is 15.9. The molecule has 0 bridgehead atoms. The number of guanidine groups is 1. The first-order valence-electron chi connectivity index (χ1n) is 8.34. The van der Waals surface area contributed by atoms with Crippen molar-refractivity contribution in [3.05, 3.63) is 18.0 Å². The summed E-state index contributed by atoms with van der Waals surface area (Å²) in [6.45, 7) is 10.7. The maximum absolute atomic E-state index is 4.44. The van der Waals surface area contributed by atoms with Gasteiger partial charge in [-0.2, -0.15) is 5.10 Å². The predicted octanol–water partition coefficient (Wildman–Crippen LogP) is 1.74. The van der Waals surface area contributed by atoms with Crippen molar-refractivity contribution < 1.29 is 0 Å². The molecule has 0 aromatic carbocycles. The molecule has 1 aromatic rings. The van der Waals surface area contributed by atoms with Crippen molar-refractivity contribution >= 4 is 29.9 Å². The summed E-state index contributed by atoms with van der Waals surface area (Å²) < 4.78 is 1.88. The van der Waals surface area contributed by atoms with Gasteiger partial charge in [0.05, 0.1) is 6.20 Å². The quantitative estimate of drug-likeness (QED) is 0.421. The molecule has 0 spiro atoms. The van der Waals surface area contributed by atoms with E-state index >= 15 is 0 Å². The van der Waals surface area contributed by atoms with Crippen LogP contribution in [0.3, 0.4) is 0 Å². The Balaban J connectivity index is 0.00000264. The Kier molecular flexibility index (Phi) is 8.90. The van der Waals surface area contributed by atoms with Crippen LogP contribution in [0.5, 0.6) is 0 Å². The van der Waals surface area contributed by atoms with Crippen LogP contribution in [0.25, 0.3) is 0 Å². The number of rotatable bonds is 6. The lowest BCUT2D eigenvalue weighted by atomic mass is 10.0. The number of likely N-dealkylation sites (N-methyl/N-ethyl adjacent to an activating group) is 1. The Bertz CT molecular complexity index is 483. The zero-order valence-corrected chi connectivity index (χ0v) is 17.2. The van der Waals surface area contributed by atoms with E-state index in [1.165, 1.54) is 12.0 Å². The largest absolute Gasteiger partial charge is 0.355 e. The summed E-state index contributed by atoms with van der Waals surface area (Å²) in [6.07, 6.45) is 5.29. The van der Waals surface area contributed by atoms with E-state index in [1.54, 1.807) is 0 Å². The summed E-state index contributed by atoms with van der Waals surface area (Å²) in [5.74, 6) is 1.59. The number of aryl methyl sites for hydroxylation is 1. The van der Waals surface area contributed by atoms with Gasteiger partial charge in [0.2, 0.25) is 0 Å². The van der Waals surface area contributed by atoms with Crippen molar-refractivity contribution in [2.45, 2.75) is 26.2 Å². The lowest BCUT2D eigenvalue weighted by molar-refractivity contribution is 0.306. The van der Waals surface area contributed by atoms with Gasteiger partial charge in [-0.15, -0.1) is 24.0 Å². The molecule has 7 heteroatoms. The third kappa shape index (κ3) is 5.63. The van der Waals surface area contributed by atoms with Crippen molar-refractivity contribution in [1.29, 1.82) is 0 Å². The van der Waals surface area contributed by atoms with Crippen LogP contribution in [0.15, 0.2) is 17.4 Å². The second-order valence-electron chi connectivity index (χ2n) is 5.88. The highest BCUT2D eigenvalue weighted by atomic mass is 127. The SMILES string of the molecule is CCN(CC)CCNC(=NC)N1CCC(c2cnn(C)c2)C1.I. The molecule has 2 rings (SSSR count). The molecule has 1 fully saturated rings. The van der Waals surface area contributed by atoms with Crippen LogP contribution in [0, 0.1) is 0 Å². The normalized spacial score (nSPS) is 18.4. The Morgan fingerprint density at radius 3 is 2.74 bits per heavy atom. The molecule has 2 heterocycles. The number of hydrogen-bond acceptors (Lipinski definition) is 3. The number of aliphatic imine (C=N–C) groups is 1. The Hall–Kier alpha value is -0.830. The van der Waals surface area contributed by atoms with Crippen LogP contribution < -0.4 is 5.32 Å². The van der Waals surface area contributed by atoms with Gasteiger partial charge >= 0.3 is 0 Å². The van der Waals surface area contributed by atoms with Crippen LogP contribution >= 0.6 is 24.0 Å². The van der Waals surface area contributed by atoms with E-state index in [9.17, 15) is 0 Å². The fraction of sp³-hybridized carbons (Fsp3) is 0.750. The van der Waals surface area contributed by atoms with E-state index in [2.05, 4.69) is 45.3 Å². The van der Waals surface area contributed by atoms with E-state index < -0.39 is 0 Å². The van der Waals surface area contributed by atoms with Crippen molar-refractivity contribution in [3.8, 4) is 0 Å². The number of hydrogen-bond donors (Lipinski definition) is 1. The fourth-order valence-corrected chi connectivity index (χ4v) is 3.07. The molecule has 1 saturated heterocycles. The van der Waals surface area contributed by atoms with Gasteiger partial charge in [-0.1, -0.05) is 13.8 Å². The van der Waals surface area contributed by atoms with Gasteiger partial charge in [0, 0.05) is 52.4 Å². The number of nitrogens with one attached hydrogen (secondary N) is 1. The molecule has 0 radical (unpaired) electrons. The van der Waals surface area contributed by atoms with Crippen LogP contribution in [-0.2, 0) is 7.05 Å². The summed E-state index contributed by atoms with van der Waals surface area (Å²) in [5, 5.41) is 7.79. The molecule has 0 saturated carbocycles. The lowest BCUT2D eigenvalue weighted by Gasteiger charge is -2.24. The average molecular weight is 434 g/mol. The molecule has 1 atom stereocenters. The van der Waals surface area contributed by atoms with Crippen LogP contribution in [0.4, 0.5) is 0 Å². The van der Waals surface area contributed by atoms with E-state index in [4.69, 9.17) is 0 Å². The second kappa shape index (κ2) is 10.1. The number of nitrogens with zero attached hydrogens (tertiary/aromatic N) is 5. The predicted molar refractivity (Wildman–Crippen MR) is 107 cm³/mol. The van der Waals surface area contributed by atoms with E-state index in [1.807, 2.05) is 25.0 Å². The van der Waals surface area contributed by atoms with Crippen molar-refractivity contribution in [3.63, 3.8) is 0 Å². The first-order valence-corrected chi connectivity index (χ1v) is 8.34. The Morgan fingerprint density at radius 1 is 1.43 bits per heavy atom. The standard InChI is InChI=1S/C16H30N6.HI/c1-5-21(6-2)10-8-18-16(17-3)22-9-7-14(13-22)15-11-19-20(4)12-15;/h11-12,14H,5-10,13H2,1-4H3,(H,17,18);1H. The van der Waals surface area contributed by atoms with Crippen molar-refractivity contribution in [1.82, 2.24) is 24.9 Å². The van der Waals surface area contributed by atoms with E-state index in [0.717, 1.165) is 45.2 Å². The van der Waals surface area contributed by atoms with Gasteiger partial charge in [-0.25, -0.2) is 0 Å². The summed E-state index contributed by atoms with van der Waals surface area (Å²) >= 11 is 0. The molecule has 1 unspecified atom stereocenters. The topological polar surface area (TPSA) is 48.7 Å². The lowest BCUT2D eigenvalue weighted by Crippen LogP contribution is -2.43. The van der Waals surface area contributed by atoms with E-state index in [-0.39, 0.29) is 24.0 Å². The molecule has 1 aliphatic rings. The fourth-order valence-electron chi connectivity index (χ4n) is 3.07. The van der Waals surface area contributed by atoms with E-state index in [0.29, 0.717) is 5.92 Å². The van der Waals surface area contributed by atoms with Gasteiger partial charge in [0.25, 0.3) is 0 Å². The summed E-state index contributed by atoms with van der Waals surface area (Å²) in [4.78, 5) is 9.22. The number of aromatic nitrogens is 2. The minimum Gasteiger partial charge on any atom is -0.355 e. The molecule has 132 valence electrons. The van der Waals surface area contributed by atoms with Crippen LogP contribution in [-0.4, -0.2) is 71.9 Å². The monoisotopic (exact) mass is 434 g/mol. The van der Waals surface area contributed by atoms with Gasteiger partial charge in [-0.05, 0) is 25.1 Å². The molecule has 0 amide bonds. The number of likely N-dealkylation sites (tertiary alicyclic amines) is 1. The minimum atomic E-state index is 0. The van der Waals surface area contributed by atoms with Gasteiger partial charge in [-0.3, -0.25) is 9.67 Å². The molecule has 0 aliphatic carbocycles. The molecule has 1 aromatic heterocycles. The van der Waals surface area contributed by atoms with Gasteiger partial charge in [0.1, 0.15) is 0 Å². The smallest absolute Gasteiger partial charge is 0.193 e. The average Bonchev–Trinajstić information content (AvgIpc) is 3.16.